The van der Waals surface area contributed by atoms with Crippen molar-refractivity contribution in [1.29, 1.82) is 0 Å². The first-order valence-electron chi connectivity index (χ1n) is 6.94. The number of hydrogen-bond acceptors (Lipinski definition) is 2. The van der Waals surface area contributed by atoms with Crippen molar-refractivity contribution < 1.29 is 4.74 Å². The van der Waals surface area contributed by atoms with Gasteiger partial charge in [0.05, 0.1) is 6.10 Å². The number of ether oxygens (including phenoxy) is 1. The minimum atomic E-state index is 0.165. The molecule has 0 radical (unpaired) electrons. The molecule has 0 bridgehead atoms. The topological polar surface area (TPSA) is 21.3 Å². The molecular formula is C15H20ClNO. The van der Waals surface area contributed by atoms with E-state index < -0.39 is 0 Å². The van der Waals surface area contributed by atoms with E-state index in [-0.39, 0.29) is 6.10 Å². The molecule has 18 heavy (non-hydrogen) atoms. The number of benzene rings is 1. The molecule has 2 atom stereocenters. The van der Waals surface area contributed by atoms with E-state index >= 15 is 0 Å². The molecule has 1 heterocycles. The van der Waals surface area contributed by atoms with E-state index in [1.807, 2.05) is 18.2 Å². The third-order valence-electron chi connectivity index (χ3n) is 3.90. The minimum absolute atomic E-state index is 0.165. The molecule has 2 aliphatic rings. The maximum absolute atomic E-state index is 6.30. The van der Waals surface area contributed by atoms with Crippen molar-refractivity contribution in [2.45, 2.75) is 37.8 Å². The Morgan fingerprint density at radius 2 is 2.06 bits per heavy atom. The van der Waals surface area contributed by atoms with E-state index in [1.165, 1.54) is 19.3 Å². The van der Waals surface area contributed by atoms with Gasteiger partial charge in [0.2, 0.25) is 0 Å². The van der Waals surface area contributed by atoms with Crippen LogP contribution < -0.4 is 5.32 Å². The van der Waals surface area contributed by atoms with Crippen molar-refractivity contribution in [2.75, 3.05) is 13.2 Å². The van der Waals surface area contributed by atoms with Crippen LogP contribution >= 0.6 is 11.6 Å². The van der Waals surface area contributed by atoms with Gasteiger partial charge in [-0.25, -0.2) is 0 Å². The zero-order chi connectivity index (χ0) is 12.4. The molecular weight excluding hydrogens is 246 g/mol. The highest BCUT2D eigenvalue weighted by Crippen LogP contribution is 2.37. The lowest BCUT2D eigenvalue weighted by Gasteiger charge is -2.32. The summed E-state index contributed by atoms with van der Waals surface area (Å²) in [5.41, 5.74) is 1.15. The maximum atomic E-state index is 6.30. The molecule has 2 fully saturated rings. The highest BCUT2D eigenvalue weighted by molar-refractivity contribution is 6.31. The molecule has 0 amide bonds. The first-order valence-corrected chi connectivity index (χ1v) is 7.32. The molecule has 1 aliphatic carbocycles. The molecule has 1 N–H and O–H groups in total. The van der Waals surface area contributed by atoms with Crippen molar-refractivity contribution >= 4 is 11.6 Å². The smallest absolute Gasteiger partial charge is 0.0879 e. The SMILES string of the molecule is Clc1ccccc1C1OCCCC1CNC1CC1. The number of hydrogen-bond donors (Lipinski definition) is 1. The summed E-state index contributed by atoms with van der Waals surface area (Å²) in [6, 6.07) is 8.85. The van der Waals surface area contributed by atoms with E-state index in [1.54, 1.807) is 0 Å². The molecule has 1 saturated carbocycles. The third-order valence-corrected chi connectivity index (χ3v) is 4.25. The van der Waals surface area contributed by atoms with Crippen LogP contribution in [0.3, 0.4) is 0 Å². The number of nitrogens with one attached hydrogen (secondary N) is 1. The lowest BCUT2D eigenvalue weighted by molar-refractivity contribution is -0.0278. The zero-order valence-corrected chi connectivity index (χ0v) is 11.3. The summed E-state index contributed by atoms with van der Waals surface area (Å²) in [6.07, 6.45) is 5.24. The van der Waals surface area contributed by atoms with Crippen LogP contribution in [0.1, 0.15) is 37.4 Å². The summed E-state index contributed by atoms with van der Waals surface area (Å²) >= 11 is 6.30. The van der Waals surface area contributed by atoms with Gasteiger partial charge < -0.3 is 10.1 Å². The van der Waals surface area contributed by atoms with Crippen molar-refractivity contribution in [2.24, 2.45) is 5.92 Å². The lowest BCUT2D eigenvalue weighted by Crippen LogP contribution is -2.33. The lowest BCUT2D eigenvalue weighted by atomic mass is 9.89. The molecule has 3 rings (SSSR count). The Morgan fingerprint density at radius 1 is 1.22 bits per heavy atom. The average Bonchev–Trinajstić information content (AvgIpc) is 3.22. The summed E-state index contributed by atoms with van der Waals surface area (Å²) in [6.45, 7) is 1.91. The van der Waals surface area contributed by atoms with Gasteiger partial charge in [0.1, 0.15) is 0 Å². The van der Waals surface area contributed by atoms with Crippen LogP contribution in [0.4, 0.5) is 0 Å². The Morgan fingerprint density at radius 3 is 2.83 bits per heavy atom. The second-order valence-corrected chi connectivity index (χ2v) is 5.80. The van der Waals surface area contributed by atoms with Gasteiger partial charge in [0.25, 0.3) is 0 Å². The first kappa shape index (κ1) is 12.5. The Bertz CT molecular complexity index is 405. The van der Waals surface area contributed by atoms with Gasteiger partial charge in [-0.05, 0) is 37.3 Å². The summed E-state index contributed by atoms with van der Waals surface area (Å²) in [5, 5.41) is 4.46. The molecule has 1 saturated heterocycles. The summed E-state index contributed by atoms with van der Waals surface area (Å²) in [7, 11) is 0. The van der Waals surface area contributed by atoms with E-state index in [0.29, 0.717) is 5.92 Å². The maximum Gasteiger partial charge on any atom is 0.0879 e. The Balaban J connectivity index is 1.71. The number of halogens is 1. The summed E-state index contributed by atoms with van der Waals surface area (Å²) in [4.78, 5) is 0. The molecule has 2 unspecified atom stereocenters. The minimum Gasteiger partial charge on any atom is -0.373 e. The van der Waals surface area contributed by atoms with Crippen molar-refractivity contribution in [3.05, 3.63) is 34.9 Å². The Hall–Kier alpha value is -0.570. The van der Waals surface area contributed by atoms with E-state index in [9.17, 15) is 0 Å². The fourth-order valence-electron chi connectivity index (χ4n) is 2.71. The van der Waals surface area contributed by atoms with Crippen LogP contribution in [-0.4, -0.2) is 19.2 Å². The second-order valence-electron chi connectivity index (χ2n) is 5.40. The van der Waals surface area contributed by atoms with Crippen LogP contribution in [-0.2, 0) is 4.74 Å². The molecule has 2 nitrogen and oxygen atoms in total. The second kappa shape index (κ2) is 5.60. The van der Waals surface area contributed by atoms with Gasteiger partial charge in [-0.2, -0.15) is 0 Å². The summed E-state index contributed by atoms with van der Waals surface area (Å²) in [5.74, 6) is 0.555. The fourth-order valence-corrected chi connectivity index (χ4v) is 2.95. The molecule has 0 aromatic heterocycles. The van der Waals surface area contributed by atoms with E-state index in [2.05, 4.69) is 11.4 Å². The van der Waals surface area contributed by atoms with Gasteiger partial charge in [0.15, 0.2) is 0 Å². The predicted octanol–water partition coefficient (Wildman–Crippen LogP) is 3.56. The highest BCUT2D eigenvalue weighted by Gasteiger charge is 2.30. The quantitative estimate of drug-likeness (QED) is 0.899. The molecule has 1 aliphatic heterocycles. The van der Waals surface area contributed by atoms with Gasteiger partial charge in [-0.15, -0.1) is 0 Å². The molecule has 3 heteroatoms. The van der Waals surface area contributed by atoms with Crippen LogP contribution in [0, 0.1) is 5.92 Å². The average molecular weight is 266 g/mol. The van der Waals surface area contributed by atoms with Crippen molar-refractivity contribution in [3.63, 3.8) is 0 Å². The normalized spacial score (nSPS) is 28.3. The molecule has 1 aromatic carbocycles. The van der Waals surface area contributed by atoms with Crippen molar-refractivity contribution in [1.82, 2.24) is 5.32 Å². The van der Waals surface area contributed by atoms with Crippen LogP contribution in [0.2, 0.25) is 5.02 Å². The van der Waals surface area contributed by atoms with Crippen LogP contribution in [0.25, 0.3) is 0 Å². The number of rotatable bonds is 4. The van der Waals surface area contributed by atoms with Gasteiger partial charge in [-0.1, -0.05) is 29.8 Å². The Labute approximate surface area is 114 Å². The fraction of sp³-hybridized carbons (Fsp3) is 0.600. The first-order chi connectivity index (χ1) is 8.84. The van der Waals surface area contributed by atoms with Gasteiger partial charge in [-0.3, -0.25) is 0 Å². The van der Waals surface area contributed by atoms with Crippen LogP contribution in [0.15, 0.2) is 24.3 Å². The largest absolute Gasteiger partial charge is 0.373 e. The Kier molecular flexibility index (Phi) is 3.88. The van der Waals surface area contributed by atoms with Crippen molar-refractivity contribution in [3.8, 4) is 0 Å². The predicted molar refractivity (Wildman–Crippen MR) is 73.9 cm³/mol. The third kappa shape index (κ3) is 2.87. The standard InChI is InChI=1S/C15H20ClNO/c16-14-6-2-1-5-13(14)15-11(4-3-9-18-15)10-17-12-7-8-12/h1-2,5-6,11-12,15,17H,3-4,7-10H2. The van der Waals surface area contributed by atoms with E-state index in [0.717, 1.165) is 36.2 Å². The van der Waals surface area contributed by atoms with E-state index in [4.69, 9.17) is 16.3 Å². The monoisotopic (exact) mass is 265 g/mol. The summed E-state index contributed by atoms with van der Waals surface area (Å²) < 4.78 is 5.99. The molecule has 0 spiro atoms. The zero-order valence-electron chi connectivity index (χ0n) is 10.6. The molecule has 98 valence electrons. The van der Waals surface area contributed by atoms with Gasteiger partial charge >= 0.3 is 0 Å². The van der Waals surface area contributed by atoms with Crippen LogP contribution in [0.5, 0.6) is 0 Å². The van der Waals surface area contributed by atoms with Gasteiger partial charge in [0, 0.05) is 30.1 Å². The highest BCUT2D eigenvalue weighted by atomic mass is 35.5. The molecule has 1 aromatic rings.